The van der Waals surface area contributed by atoms with Crippen molar-refractivity contribution in [3.8, 4) is 11.8 Å². The lowest BCUT2D eigenvalue weighted by atomic mass is 10.1. The maximum atomic E-state index is 12.8. The summed E-state index contributed by atoms with van der Waals surface area (Å²) in [5.41, 5.74) is 4.60. The van der Waals surface area contributed by atoms with E-state index < -0.39 is 5.91 Å². The predicted molar refractivity (Wildman–Crippen MR) is 141 cm³/mol. The molecule has 0 aliphatic carbocycles. The second-order valence-electron chi connectivity index (χ2n) is 8.04. The zero-order valence-corrected chi connectivity index (χ0v) is 20.8. The summed E-state index contributed by atoms with van der Waals surface area (Å²) in [5, 5.41) is 14.7. The fourth-order valence-electron chi connectivity index (χ4n) is 3.98. The predicted octanol–water partition coefficient (Wildman–Crippen LogP) is 6.54. The highest BCUT2D eigenvalue weighted by Crippen LogP contribution is 2.30. The van der Waals surface area contributed by atoms with Crippen molar-refractivity contribution in [2.45, 2.75) is 20.0 Å². The first kappa shape index (κ1) is 24.4. The maximum absolute atomic E-state index is 12.8. The van der Waals surface area contributed by atoms with E-state index >= 15 is 0 Å². The quantitative estimate of drug-likeness (QED) is 0.230. The van der Waals surface area contributed by atoms with Crippen LogP contribution < -0.4 is 10.1 Å². The number of hydrogen-bond donors (Lipinski definition) is 1. The molecule has 0 aliphatic heterocycles. The molecule has 0 aliphatic rings. The molecule has 3 aromatic carbocycles. The van der Waals surface area contributed by atoms with Crippen LogP contribution in [0.3, 0.4) is 0 Å². The summed E-state index contributed by atoms with van der Waals surface area (Å²) in [4.78, 5) is 12.8. The van der Waals surface area contributed by atoms with Crippen molar-refractivity contribution in [3.63, 3.8) is 0 Å². The molecule has 7 heteroatoms. The number of carbonyl (C=O) groups excluding carboxylic acids is 1. The molecule has 1 aromatic heterocycles. The standard InChI is InChI=1S/C28H23Cl2N3O2/c1-18-25(13-21(15-31)28(34)32-16-19-7-11-23(35-2)12-8-19)24-5-3-4-6-27(24)33(18)17-20-9-10-22(29)14-26(20)30/h3-14H,16-17H2,1-2H3,(H,32,34)/b21-13-. The molecule has 0 fully saturated rings. The molecule has 4 aromatic rings. The number of nitrogens with zero attached hydrogens (tertiary/aromatic N) is 2. The number of ether oxygens (including phenoxy) is 1. The Labute approximate surface area is 214 Å². The first-order chi connectivity index (χ1) is 16.9. The van der Waals surface area contributed by atoms with Gasteiger partial charge in [-0.25, -0.2) is 0 Å². The van der Waals surface area contributed by atoms with E-state index in [1.807, 2.05) is 67.6 Å². The molecule has 176 valence electrons. The Morgan fingerprint density at radius 3 is 2.54 bits per heavy atom. The molecular weight excluding hydrogens is 481 g/mol. The third-order valence-corrected chi connectivity index (χ3v) is 6.48. The summed E-state index contributed by atoms with van der Waals surface area (Å²) >= 11 is 12.5. The lowest BCUT2D eigenvalue weighted by Crippen LogP contribution is -2.23. The van der Waals surface area contributed by atoms with Gasteiger partial charge in [0, 0.05) is 45.3 Å². The minimum absolute atomic E-state index is 0.0361. The van der Waals surface area contributed by atoms with Gasteiger partial charge in [0.1, 0.15) is 17.4 Å². The second-order valence-corrected chi connectivity index (χ2v) is 8.88. The highest BCUT2D eigenvalue weighted by atomic mass is 35.5. The number of nitriles is 1. The number of halogens is 2. The number of benzene rings is 3. The number of para-hydroxylation sites is 1. The Kier molecular flexibility index (Phi) is 7.45. The van der Waals surface area contributed by atoms with E-state index in [1.165, 1.54) is 0 Å². The molecule has 5 nitrogen and oxygen atoms in total. The number of methoxy groups -OCH3 is 1. The SMILES string of the molecule is COc1ccc(CNC(=O)/C(C#N)=C\c2c(C)n(Cc3ccc(Cl)cc3Cl)c3ccccc23)cc1. The van der Waals surface area contributed by atoms with E-state index in [0.717, 1.165) is 39.0 Å². The largest absolute Gasteiger partial charge is 0.497 e. The van der Waals surface area contributed by atoms with Gasteiger partial charge in [-0.3, -0.25) is 4.79 Å². The zero-order chi connectivity index (χ0) is 24.9. The van der Waals surface area contributed by atoms with E-state index in [0.29, 0.717) is 23.1 Å². The van der Waals surface area contributed by atoms with Gasteiger partial charge >= 0.3 is 0 Å². The summed E-state index contributed by atoms with van der Waals surface area (Å²) < 4.78 is 7.29. The lowest BCUT2D eigenvalue weighted by Gasteiger charge is -2.11. The number of hydrogen-bond acceptors (Lipinski definition) is 3. The molecule has 0 spiro atoms. The first-order valence-electron chi connectivity index (χ1n) is 11.0. The monoisotopic (exact) mass is 503 g/mol. The molecule has 0 bridgehead atoms. The highest BCUT2D eigenvalue weighted by Gasteiger charge is 2.17. The van der Waals surface area contributed by atoms with Crippen LogP contribution in [0.4, 0.5) is 0 Å². The third-order valence-electron chi connectivity index (χ3n) is 5.89. The summed E-state index contributed by atoms with van der Waals surface area (Å²) in [6, 6.07) is 22.8. The fourth-order valence-corrected chi connectivity index (χ4v) is 4.45. The van der Waals surface area contributed by atoms with Crippen LogP contribution in [-0.2, 0) is 17.9 Å². The van der Waals surface area contributed by atoms with Crippen LogP contribution >= 0.6 is 23.2 Å². The number of fused-ring (bicyclic) bond motifs is 1. The number of aromatic nitrogens is 1. The van der Waals surface area contributed by atoms with Gasteiger partial charge in [-0.15, -0.1) is 0 Å². The van der Waals surface area contributed by atoms with E-state index in [-0.39, 0.29) is 5.57 Å². The smallest absolute Gasteiger partial charge is 0.262 e. The summed E-state index contributed by atoms with van der Waals surface area (Å²) in [6.45, 7) is 2.80. The fraction of sp³-hybridized carbons (Fsp3) is 0.143. The molecule has 1 N–H and O–H groups in total. The van der Waals surface area contributed by atoms with Gasteiger partial charge in [0.15, 0.2) is 0 Å². The highest BCUT2D eigenvalue weighted by molar-refractivity contribution is 6.35. The number of carbonyl (C=O) groups is 1. The molecule has 0 saturated carbocycles. The van der Waals surface area contributed by atoms with Gasteiger partial charge in [0.25, 0.3) is 5.91 Å². The van der Waals surface area contributed by atoms with Crippen LogP contribution in [0.5, 0.6) is 5.75 Å². The van der Waals surface area contributed by atoms with Gasteiger partial charge < -0.3 is 14.6 Å². The van der Waals surface area contributed by atoms with Crippen LogP contribution in [-0.4, -0.2) is 17.6 Å². The Bertz CT molecular complexity index is 1460. The van der Waals surface area contributed by atoms with E-state index in [2.05, 4.69) is 16.0 Å². The molecule has 0 radical (unpaired) electrons. The van der Waals surface area contributed by atoms with Crippen LogP contribution in [0, 0.1) is 18.3 Å². The van der Waals surface area contributed by atoms with E-state index in [1.54, 1.807) is 19.3 Å². The van der Waals surface area contributed by atoms with Gasteiger partial charge in [-0.1, -0.05) is 59.6 Å². The topological polar surface area (TPSA) is 67.0 Å². The van der Waals surface area contributed by atoms with Crippen molar-refractivity contribution in [1.29, 1.82) is 5.26 Å². The van der Waals surface area contributed by atoms with E-state index in [4.69, 9.17) is 27.9 Å². The summed E-state index contributed by atoms with van der Waals surface area (Å²) in [5.74, 6) is 0.310. The summed E-state index contributed by atoms with van der Waals surface area (Å²) in [7, 11) is 1.60. The number of nitrogens with one attached hydrogen (secondary N) is 1. The van der Waals surface area contributed by atoms with Crippen molar-refractivity contribution < 1.29 is 9.53 Å². The molecular formula is C28H23Cl2N3O2. The molecule has 0 atom stereocenters. The Morgan fingerprint density at radius 2 is 1.86 bits per heavy atom. The van der Waals surface area contributed by atoms with Crippen LogP contribution in [0.15, 0.2) is 72.3 Å². The average molecular weight is 504 g/mol. The van der Waals surface area contributed by atoms with Crippen molar-refractivity contribution >= 4 is 46.1 Å². The summed E-state index contributed by atoms with van der Waals surface area (Å²) in [6.07, 6.45) is 1.65. The Balaban J connectivity index is 1.64. The first-order valence-corrected chi connectivity index (χ1v) is 11.7. The third kappa shape index (κ3) is 5.35. The molecule has 0 saturated heterocycles. The Hall–Kier alpha value is -3.72. The van der Waals surface area contributed by atoms with Crippen molar-refractivity contribution in [2.75, 3.05) is 7.11 Å². The van der Waals surface area contributed by atoms with Gasteiger partial charge in [0.2, 0.25) is 0 Å². The van der Waals surface area contributed by atoms with Gasteiger partial charge in [-0.05, 0) is 54.5 Å². The normalized spacial score (nSPS) is 11.3. The zero-order valence-electron chi connectivity index (χ0n) is 19.3. The average Bonchev–Trinajstić information content (AvgIpc) is 3.13. The minimum atomic E-state index is -0.430. The Morgan fingerprint density at radius 1 is 1.11 bits per heavy atom. The maximum Gasteiger partial charge on any atom is 0.262 e. The second kappa shape index (κ2) is 10.7. The van der Waals surface area contributed by atoms with Crippen molar-refractivity contribution in [1.82, 2.24) is 9.88 Å². The van der Waals surface area contributed by atoms with Gasteiger partial charge in [-0.2, -0.15) is 5.26 Å². The number of rotatable bonds is 7. The van der Waals surface area contributed by atoms with Crippen molar-refractivity contribution in [2.24, 2.45) is 0 Å². The lowest BCUT2D eigenvalue weighted by molar-refractivity contribution is -0.117. The minimum Gasteiger partial charge on any atom is -0.497 e. The van der Waals surface area contributed by atoms with Crippen LogP contribution in [0.1, 0.15) is 22.4 Å². The molecule has 4 rings (SSSR count). The molecule has 0 unspecified atom stereocenters. The van der Waals surface area contributed by atoms with Gasteiger partial charge in [0.05, 0.1) is 7.11 Å². The molecule has 1 heterocycles. The van der Waals surface area contributed by atoms with Crippen LogP contribution in [0.2, 0.25) is 10.0 Å². The van der Waals surface area contributed by atoms with Crippen molar-refractivity contribution in [3.05, 3.63) is 105 Å². The molecule has 1 amide bonds. The van der Waals surface area contributed by atoms with Crippen LogP contribution in [0.25, 0.3) is 17.0 Å². The number of amides is 1. The molecule has 35 heavy (non-hydrogen) atoms. The van der Waals surface area contributed by atoms with E-state index in [9.17, 15) is 10.1 Å².